The Labute approximate surface area is 142 Å². The van der Waals surface area contributed by atoms with Gasteiger partial charge in [0, 0.05) is 4.47 Å². The van der Waals surface area contributed by atoms with Crippen molar-refractivity contribution in [3.05, 3.63) is 68.4 Å². The summed E-state index contributed by atoms with van der Waals surface area (Å²) in [7, 11) is 1.95. The van der Waals surface area contributed by atoms with Crippen molar-refractivity contribution in [2.45, 2.75) is 12.8 Å². The van der Waals surface area contributed by atoms with Crippen LogP contribution in [-0.2, 0) is 12.8 Å². The summed E-state index contributed by atoms with van der Waals surface area (Å²) in [5.74, 6) is 0.230. The number of hydrogen-bond donors (Lipinski definition) is 1. The van der Waals surface area contributed by atoms with Gasteiger partial charge in [0.2, 0.25) is 0 Å². The van der Waals surface area contributed by atoms with Crippen molar-refractivity contribution in [1.29, 1.82) is 0 Å². The maximum absolute atomic E-state index is 13.6. The van der Waals surface area contributed by atoms with Gasteiger partial charge in [-0.1, -0.05) is 40.2 Å². The number of halogens is 3. The van der Waals surface area contributed by atoms with Gasteiger partial charge in [0.05, 0.1) is 4.47 Å². The Hall–Kier alpha value is -0.710. The fraction of sp³-hybridized carbons (Fsp3) is 0.294. The maximum Gasteiger partial charge on any atom is 0.137 e. The fourth-order valence-corrected chi connectivity index (χ4v) is 3.17. The normalized spacial score (nSPS) is 12.4. The van der Waals surface area contributed by atoms with E-state index in [-0.39, 0.29) is 5.82 Å². The van der Waals surface area contributed by atoms with Crippen molar-refractivity contribution in [3.63, 3.8) is 0 Å². The number of hydrogen-bond acceptors (Lipinski definition) is 1. The van der Waals surface area contributed by atoms with Gasteiger partial charge < -0.3 is 5.32 Å². The molecule has 2 aromatic rings. The summed E-state index contributed by atoms with van der Waals surface area (Å²) in [6.45, 7) is 0.902. The SMILES string of the molecule is CNCC(Cc1ccc(Br)cc1)Cc1cccc(F)c1Br. The third kappa shape index (κ3) is 4.90. The number of rotatable bonds is 6. The Morgan fingerprint density at radius 3 is 2.43 bits per heavy atom. The molecule has 0 fully saturated rings. The average molecular weight is 415 g/mol. The number of nitrogens with one attached hydrogen (secondary N) is 1. The van der Waals surface area contributed by atoms with Crippen LogP contribution in [0.4, 0.5) is 4.39 Å². The van der Waals surface area contributed by atoms with Crippen LogP contribution >= 0.6 is 31.9 Å². The van der Waals surface area contributed by atoms with Crippen molar-refractivity contribution in [2.75, 3.05) is 13.6 Å². The van der Waals surface area contributed by atoms with Gasteiger partial charge in [-0.15, -0.1) is 0 Å². The lowest BCUT2D eigenvalue weighted by atomic mass is 9.92. The molecule has 0 aromatic heterocycles. The third-order valence-electron chi connectivity index (χ3n) is 3.47. The first kappa shape index (κ1) is 16.7. The van der Waals surface area contributed by atoms with E-state index in [1.165, 1.54) is 11.6 Å². The molecule has 0 aliphatic carbocycles. The van der Waals surface area contributed by atoms with E-state index in [4.69, 9.17) is 0 Å². The van der Waals surface area contributed by atoms with Crippen molar-refractivity contribution < 1.29 is 4.39 Å². The van der Waals surface area contributed by atoms with Gasteiger partial charge in [-0.2, -0.15) is 0 Å². The van der Waals surface area contributed by atoms with E-state index >= 15 is 0 Å². The van der Waals surface area contributed by atoms with Crippen molar-refractivity contribution >= 4 is 31.9 Å². The predicted molar refractivity (Wildman–Crippen MR) is 93.1 cm³/mol. The highest BCUT2D eigenvalue weighted by atomic mass is 79.9. The molecule has 2 aromatic carbocycles. The second kappa shape index (κ2) is 8.06. The Balaban J connectivity index is 2.11. The molecule has 1 nitrogen and oxygen atoms in total. The highest BCUT2D eigenvalue weighted by Crippen LogP contribution is 2.24. The second-order valence-corrected chi connectivity index (χ2v) is 6.88. The van der Waals surface area contributed by atoms with Crippen molar-refractivity contribution in [1.82, 2.24) is 5.32 Å². The van der Waals surface area contributed by atoms with Crippen molar-refractivity contribution in [2.24, 2.45) is 5.92 Å². The molecule has 0 amide bonds. The van der Waals surface area contributed by atoms with Gasteiger partial charge in [0.1, 0.15) is 5.82 Å². The largest absolute Gasteiger partial charge is 0.319 e. The summed E-state index contributed by atoms with van der Waals surface area (Å²) in [4.78, 5) is 0. The molecular formula is C17H18Br2FN. The molecule has 112 valence electrons. The van der Waals surface area contributed by atoms with E-state index in [0.29, 0.717) is 10.4 Å². The monoisotopic (exact) mass is 413 g/mol. The molecule has 0 saturated carbocycles. The van der Waals surface area contributed by atoms with E-state index < -0.39 is 0 Å². The molecule has 0 spiro atoms. The summed E-state index contributed by atoms with van der Waals surface area (Å²) in [6.07, 6.45) is 1.81. The zero-order chi connectivity index (χ0) is 15.2. The summed E-state index contributed by atoms with van der Waals surface area (Å²) in [5.41, 5.74) is 2.32. The molecule has 4 heteroatoms. The first-order chi connectivity index (χ1) is 10.1. The van der Waals surface area contributed by atoms with E-state index in [0.717, 1.165) is 29.4 Å². The smallest absolute Gasteiger partial charge is 0.137 e. The average Bonchev–Trinajstić information content (AvgIpc) is 2.46. The van der Waals surface area contributed by atoms with Crippen molar-refractivity contribution in [3.8, 4) is 0 Å². The molecule has 1 N–H and O–H groups in total. The fourth-order valence-electron chi connectivity index (χ4n) is 2.48. The molecule has 21 heavy (non-hydrogen) atoms. The summed E-state index contributed by atoms with van der Waals surface area (Å²) < 4.78 is 15.3. The molecule has 0 saturated heterocycles. The van der Waals surface area contributed by atoms with E-state index in [1.807, 2.05) is 13.1 Å². The first-order valence-corrected chi connectivity index (χ1v) is 8.50. The Morgan fingerprint density at radius 1 is 1.05 bits per heavy atom. The van der Waals surface area contributed by atoms with Crippen LogP contribution in [0.3, 0.4) is 0 Å². The Morgan fingerprint density at radius 2 is 1.76 bits per heavy atom. The van der Waals surface area contributed by atoms with E-state index in [2.05, 4.69) is 61.4 Å². The molecule has 0 heterocycles. The third-order valence-corrected chi connectivity index (χ3v) is 4.89. The molecule has 2 rings (SSSR count). The predicted octanol–water partition coefficient (Wildman–Crippen LogP) is 4.97. The van der Waals surface area contributed by atoms with Gasteiger partial charge in [-0.3, -0.25) is 0 Å². The van der Waals surface area contributed by atoms with Gasteiger partial charge in [0.25, 0.3) is 0 Å². The summed E-state index contributed by atoms with van der Waals surface area (Å²) >= 11 is 6.81. The highest BCUT2D eigenvalue weighted by Gasteiger charge is 2.13. The van der Waals surface area contributed by atoms with Crippen LogP contribution in [-0.4, -0.2) is 13.6 Å². The molecule has 0 aliphatic heterocycles. The molecule has 1 atom stereocenters. The lowest BCUT2D eigenvalue weighted by Crippen LogP contribution is -2.23. The van der Waals surface area contributed by atoms with Gasteiger partial charge >= 0.3 is 0 Å². The molecular weight excluding hydrogens is 397 g/mol. The van der Waals surface area contributed by atoms with Crippen LogP contribution in [0.15, 0.2) is 51.4 Å². The van der Waals surface area contributed by atoms with Crippen LogP contribution in [0.5, 0.6) is 0 Å². The first-order valence-electron chi connectivity index (χ1n) is 6.92. The quantitative estimate of drug-likeness (QED) is 0.703. The van der Waals surface area contributed by atoms with Gasteiger partial charge in [0.15, 0.2) is 0 Å². The van der Waals surface area contributed by atoms with E-state index in [9.17, 15) is 4.39 Å². The summed E-state index contributed by atoms with van der Waals surface area (Å²) in [5, 5.41) is 3.24. The van der Waals surface area contributed by atoms with E-state index in [1.54, 1.807) is 6.07 Å². The minimum absolute atomic E-state index is 0.195. The topological polar surface area (TPSA) is 12.0 Å². The molecule has 1 unspecified atom stereocenters. The summed E-state index contributed by atoms with van der Waals surface area (Å²) in [6, 6.07) is 13.6. The minimum atomic E-state index is -0.195. The Bertz CT molecular complexity index is 584. The lowest BCUT2D eigenvalue weighted by molar-refractivity contribution is 0.490. The van der Waals surface area contributed by atoms with Crippen LogP contribution < -0.4 is 5.32 Å². The van der Waals surface area contributed by atoms with Crippen LogP contribution in [0, 0.1) is 11.7 Å². The molecule has 0 bridgehead atoms. The standard InChI is InChI=1S/C17H18Br2FN/c1-21-11-13(9-12-5-7-15(18)8-6-12)10-14-3-2-4-16(20)17(14)19/h2-8,13,21H,9-11H2,1H3. The van der Waals surface area contributed by atoms with Crippen LogP contribution in [0.1, 0.15) is 11.1 Å². The molecule has 0 radical (unpaired) electrons. The maximum atomic E-state index is 13.6. The van der Waals surface area contributed by atoms with Crippen LogP contribution in [0.25, 0.3) is 0 Å². The molecule has 0 aliphatic rings. The van der Waals surface area contributed by atoms with Gasteiger partial charge in [-0.05, 0) is 77.6 Å². The lowest BCUT2D eigenvalue weighted by Gasteiger charge is -2.18. The van der Waals surface area contributed by atoms with Crippen LogP contribution in [0.2, 0.25) is 0 Å². The Kier molecular flexibility index (Phi) is 6.40. The highest BCUT2D eigenvalue weighted by molar-refractivity contribution is 9.10. The zero-order valence-electron chi connectivity index (χ0n) is 11.9. The zero-order valence-corrected chi connectivity index (χ0v) is 15.0. The number of benzene rings is 2. The van der Waals surface area contributed by atoms with Gasteiger partial charge in [-0.25, -0.2) is 4.39 Å². The minimum Gasteiger partial charge on any atom is -0.319 e. The second-order valence-electron chi connectivity index (χ2n) is 5.17.